The molecule has 1 heterocycles. The number of Topliss-reactive ketones (excluding diaryl/α,β-unsaturated/α-hetero) is 1. The van der Waals surface area contributed by atoms with E-state index in [1.807, 2.05) is 0 Å². The highest BCUT2D eigenvalue weighted by atomic mass is 16.1. The van der Waals surface area contributed by atoms with Gasteiger partial charge < -0.3 is 4.98 Å². The van der Waals surface area contributed by atoms with Gasteiger partial charge in [-0.05, 0) is 0 Å². The van der Waals surface area contributed by atoms with Gasteiger partial charge in [-0.2, -0.15) is 0 Å². The number of rotatable bonds is 3. The minimum Gasteiger partial charge on any atom is -0.342 e. The molecule has 0 amide bonds. The van der Waals surface area contributed by atoms with E-state index in [1.165, 1.54) is 12.5 Å². The molecular weight excluding hydrogens is 128 g/mol. The second-order valence-electron chi connectivity index (χ2n) is 1.88. The molecule has 0 unspecified atom stereocenters. The summed E-state index contributed by atoms with van der Waals surface area (Å²) in [7, 11) is 0. The van der Waals surface area contributed by atoms with Crippen LogP contribution in [0.2, 0.25) is 0 Å². The molecule has 0 bridgehead atoms. The number of imidazole rings is 1. The van der Waals surface area contributed by atoms with Crippen molar-refractivity contribution in [1.29, 1.82) is 0 Å². The molecule has 3 heteroatoms. The minimum atomic E-state index is 0.0208. The summed E-state index contributed by atoms with van der Waals surface area (Å²) in [6.07, 6.45) is 4.92. The van der Waals surface area contributed by atoms with Gasteiger partial charge in [0.15, 0.2) is 5.78 Å². The van der Waals surface area contributed by atoms with Crippen LogP contribution >= 0.6 is 0 Å². The van der Waals surface area contributed by atoms with E-state index >= 15 is 0 Å². The molecule has 52 valence electrons. The largest absolute Gasteiger partial charge is 0.342 e. The first-order valence-corrected chi connectivity index (χ1v) is 2.97. The summed E-state index contributed by atoms with van der Waals surface area (Å²) < 4.78 is 0. The zero-order valence-corrected chi connectivity index (χ0v) is 5.50. The summed E-state index contributed by atoms with van der Waals surface area (Å²) in [5.74, 6) is 0.0208. The number of hydrogen-bond donors (Lipinski definition) is 1. The van der Waals surface area contributed by atoms with Crippen molar-refractivity contribution in [2.24, 2.45) is 0 Å². The van der Waals surface area contributed by atoms with Gasteiger partial charge in [0.1, 0.15) is 5.69 Å². The van der Waals surface area contributed by atoms with E-state index < -0.39 is 0 Å². The summed E-state index contributed by atoms with van der Waals surface area (Å²) in [4.78, 5) is 17.4. The van der Waals surface area contributed by atoms with Crippen molar-refractivity contribution in [3.05, 3.63) is 30.9 Å². The maximum atomic E-state index is 11.0. The van der Waals surface area contributed by atoms with Crippen LogP contribution in [0.5, 0.6) is 0 Å². The fourth-order valence-corrected chi connectivity index (χ4v) is 0.649. The highest BCUT2D eigenvalue weighted by Crippen LogP contribution is 1.96. The van der Waals surface area contributed by atoms with Crippen LogP contribution in [-0.2, 0) is 0 Å². The molecular formula is C7H8N2O. The molecule has 0 aliphatic rings. The number of aromatic nitrogens is 2. The zero-order valence-electron chi connectivity index (χ0n) is 5.50. The van der Waals surface area contributed by atoms with Crippen LogP contribution in [0.1, 0.15) is 16.9 Å². The van der Waals surface area contributed by atoms with E-state index in [1.54, 1.807) is 6.08 Å². The first-order valence-electron chi connectivity index (χ1n) is 2.97. The van der Waals surface area contributed by atoms with Crippen LogP contribution < -0.4 is 0 Å². The van der Waals surface area contributed by atoms with Gasteiger partial charge in [0.2, 0.25) is 0 Å². The second kappa shape index (κ2) is 2.96. The number of nitrogens with one attached hydrogen (secondary N) is 1. The van der Waals surface area contributed by atoms with Crippen molar-refractivity contribution in [2.75, 3.05) is 0 Å². The predicted octanol–water partition coefficient (Wildman–Crippen LogP) is 1.17. The van der Waals surface area contributed by atoms with Crippen LogP contribution in [0, 0.1) is 0 Å². The summed E-state index contributed by atoms with van der Waals surface area (Å²) in [6.45, 7) is 3.46. The predicted molar refractivity (Wildman–Crippen MR) is 37.7 cm³/mol. The van der Waals surface area contributed by atoms with Crippen molar-refractivity contribution in [2.45, 2.75) is 6.42 Å². The number of aromatic amines is 1. The van der Waals surface area contributed by atoms with E-state index in [-0.39, 0.29) is 5.78 Å². The Labute approximate surface area is 58.8 Å². The topological polar surface area (TPSA) is 45.8 Å². The maximum absolute atomic E-state index is 11.0. The SMILES string of the molecule is C=CCC(=O)c1cnc[nH]1. The number of allylic oxidation sites excluding steroid dienone is 1. The second-order valence-corrected chi connectivity index (χ2v) is 1.88. The van der Waals surface area contributed by atoms with Crippen molar-refractivity contribution < 1.29 is 4.79 Å². The van der Waals surface area contributed by atoms with Gasteiger partial charge in [0.05, 0.1) is 12.5 Å². The maximum Gasteiger partial charge on any atom is 0.184 e. The van der Waals surface area contributed by atoms with Gasteiger partial charge in [0.25, 0.3) is 0 Å². The lowest BCUT2D eigenvalue weighted by Crippen LogP contribution is -1.95. The molecule has 0 aromatic carbocycles. The zero-order chi connectivity index (χ0) is 7.40. The lowest BCUT2D eigenvalue weighted by molar-refractivity contribution is 0.0991. The van der Waals surface area contributed by atoms with Crippen LogP contribution in [0.25, 0.3) is 0 Å². The molecule has 10 heavy (non-hydrogen) atoms. The summed E-state index contributed by atoms with van der Waals surface area (Å²) in [6, 6.07) is 0. The third-order valence-corrected chi connectivity index (χ3v) is 1.13. The third-order valence-electron chi connectivity index (χ3n) is 1.13. The smallest absolute Gasteiger partial charge is 0.184 e. The minimum absolute atomic E-state index is 0.0208. The Morgan fingerprint density at radius 3 is 3.20 bits per heavy atom. The van der Waals surface area contributed by atoms with Gasteiger partial charge in [-0.3, -0.25) is 4.79 Å². The number of carbonyl (C=O) groups excluding carboxylic acids is 1. The van der Waals surface area contributed by atoms with Gasteiger partial charge in [-0.25, -0.2) is 4.98 Å². The fourth-order valence-electron chi connectivity index (χ4n) is 0.649. The molecule has 1 rings (SSSR count). The highest BCUT2D eigenvalue weighted by Gasteiger charge is 2.02. The third kappa shape index (κ3) is 1.31. The normalized spacial score (nSPS) is 9.20. The quantitative estimate of drug-likeness (QED) is 0.500. The van der Waals surface area contributed by atoms with Crippen LogP contribution in [-0.4, -0.2) is 15.8 Å². The number of hydrogen-bond acceptors (Lipinski definition) is 2. The lowest BCUT2D eigenvalue weighted by Gasteiger charge is -1.88. The molecule has 0 aliphatic heterocycles. The number of nitrogens with zero attached hydrogens (tertiary/aromatic N) is 1. The van der Waals surface area contributed by atoms with E-state index in [9.17, 15) is 4.79 Å². The first kappa shape index (κ1) is 6.74. The molecule has 1 aromatic heterocycles. The number of H-pyrrole nitrogens is 1. The molecule has 0 saturated heterocycles. The van der Waals surface area contributed by atoms with E-state index in [2.05, 4.69) is 16.5 Å². The molecule has 0 aliphatic carbocycles. The molecule has 0 spiro atoms. The molecule has 0 radical (unpaired) electrons. The number of carbonyl (C=O) groups is 1. The summed E-state index contributed by atoms with van der Waals surface area (Å²) in [5, 5.41) is 0. The van der Waals surface area contributed by atoms with E-state index in [0.29, 0.717) is 12.1 Å². The summed E-state index contributed by atoms with van der Waals surface area (Å²) >= 11 is 0. The van der Waals surface area contributed by atoms with E-state index in [0.717, 1.165) is 0 Å². The molecule has 0 saturated carbocycles. The summed E-state index contributed by atoms with van der Waals surface area (Å²) in [5.41, 5.74) is 0.542. The Balaban J connectivity index is 2.68. The first-order chi connectivity index (χ1) is 4.84. The van der Waals surface area contributed by atoms with Gasteiger partial charge in [0, 0.05) is 6.42 Å². The average Bonchev–Trinajstić information content (AvgIpc) is 2.38. The van der Waals surface area contributed by atoms with Gasteiger partial charge in [-0.15, -0.1) is 6.58 Å². The Hall–Kier alpha value is -1.38. The van der Waals surface area contributed by atoms with Gasteiger partial charge >= 0.3 is 0 Å². The lowest BCUT2D eigenvalue weighted by atomic mass is 10.2. The Bertz CT molecular complexity index is 226. The molecule has 0 atom stereocenters. The number of ketones is 1. The molecule has 3 nitrogen and oxygen atoms in total. The standard InChI is InChI=1S/C7H8N2O/c1-2-3-7(10)6-4-8-5-9-6/h2,4-5H,1,3H2,(H,8,9). The average molecular weight is 136 g/mol. The van der Waals surface area contributed by atoms with Crippen molar-refractivity contribution >= 4 is 5.78 Å². The molecule has 0 fully saturated rings. The van der Waals surface area contributed by atoms with Gasteiger partial charge in [-0.1, -0.05) is 6.08 Å². The Morgan fingerprint density at radius 2 is 2.70 bits per heavy atom. The molecule has 1 aromatic rings. The molecule has 1 N–H and O–H groups in total. The Morgan fingerprint density at radius 1 is 1.90 bits per heavy atom. The Kier molecular flexibility index (Phi) is 1.99. The van der Waals surface area contributed by atoms with Crippen molar-refractivity contribution in [1.82, 2.24) is 9.97 Å². The van der Waals surface area contributed by atoms with E-state index in [4.69, 9.17) is 0 Å². The monoisotopic (exact) mass is 136 g/mol. The van der Waals surface area contributed by atoms with Crippen LogP contribution in [0.3, 0.4) is 0 Å². The van der Waals surface area contributed by atoms with Crippen molar-refractivity contribution in [3.63, 3.8) is 0 Å². The van der Waals surface area contributed by atoms with Crippen LogP contribution in [0.15, 0.2) is 25.2 Å². The van der Waals surface area contributed by atoms with Crippen molar-refractivity contribution in [3.8, 4) is 0 Å². The van der Waals surface area contributed by atoms with Crippen LogP contribution in [0.4, 0.5) is 0 Å². The fraction of sp³-hybridized carbons (Fsp3) is 0.143. The highest BCUT2D eigenvalue weighted by molar-refractivity contribution is 5.94.